The summed E-state index contributed by atoms with van der Waals surface area (Å²) in [5, 5.41) is 1.51. The molecular formula is C27H34N4O. The highest BCUT2D eigenvalue weighted by Crippen LogP contribution is 2.44. The molecule has 3 heterocycles. The molecule has 0 spiro atoms. The van der Waals surface area contributed by atoms with Gasteiger partial charge in [-0.2, -0.15) is 0 Å². The van der Waals surface area contributed by atoms with E-state index in [0.29, 0.717) is 12.0 Å². The number of nitrogens with one attached hydrogen (secondary N) is 1. The lowest BCUT2D eigenvalue weighted by Crippen LogP contribution is -2.52. The third kappa shape index (κ3) is 3.48. The molecule has 168 valence electrons. The summed E-state index contributed by atoms with van der Waals surface area (Å²) < 4.78 is 5.30. The Balaban J connectivity index is 1.12. The smallest absolute Gasteiger partial charge is 0.119 e. The van der Waals surface area contributed by atoms with Crippen molar-refractivity contribution < 1.29 is 4.74 Å². The Morgan fingerprint density at radius 1 is 1.03 bits per heavy atom. The van der Waals surface area contributed by atoms with Gasteiger partial charge in [0, 0.05) is 74.0 Å². The Kier molecular flexibility index (Phi) is 5.11. The highest BCUT2D eigenvalue weighted by atomic mass is 16.5. The third-order valence-corrected chi connectivity index (χ3v) is 8.14. The van der Waals surface area contributed by atoms with E-state index in [0.717, 1.165) is 37.8 Å². The van der Waals surface area contributed by atoms with Gasteiger partial charge in [0.25, 0.3) is 0 Å². The second-order valence-corrected chi connectivity index (χ2v) is 9.99. The highest BCUT2D eigenvalue weighted by molar-refractivity contribution is 5.88. The molecule has 1 N–H and O–H groups in total. The second-order valence-electron chi connectivity index (χ2n) is 9.99. The average Bonchev–Trinajstić information content (AvgIpc) is 3.25. The van der Waals surface area contributed by atoms with Crippen molar-refractivity contribution in [3.63, 3.8) is 0 Å². The summed E-state index contributed by atoms with van der Waals surface area (Å²) in [7, 11) is 4.08. The van der Waals surface area contributed by atoms with Gasteiger partial charge in [-0.05, 0) is 67.3 Å². The van der Waals surface area contributed by atoms with E-state index in [2.05, 4.69) is 75.4 Å². The molecule has 2 aliphatic heterocycles. The predicted octanol–water partition coefficient (Wildman–Crippen LogP) is 3.96. The van der Waals surface area contributed by atoms with Crippen LogP contribution in [0.15, 0.2) is 48.7 Å². The first-order valence-electron chi connectivity index (χ1n) is 12.1. The SMILES string of the molecule is COc1ccc(N2CCN(CC3CC4c5cccc6[nH]cc(c56)C[C@H]4N(C)C3)CC2)cc1. The monoisotopic (exact) mass is 430 g/mol. The van der Waals surface area contributed by atoms with Crippen LogP contribution in [0.25, 0.3) is 10.9 Å². The van der Waals surface area contributed by atoms with Crippen LogP contribution in [0.4, 0.5) is 5.69 Å². The topological polar surface area (TPSA) is 34.7 Å². The van der Waals surface area contributed by atoms with Crippen molar-refractivity contribution in [1.82, 2.24) is 14.8 Å². The molecule has 2 unspecified atom stereocenters. The van der Waals surface area contributed by atoms with Crippen molar-refractivity contribution in [2.24, 2.45) is 5.92 Å². The highest BCUT2D eigenvalue weighted by Gasteiger charge is 2.39. The normalized spacial score (nSPS) is 26.3. The summed E-state index contributed by atoms with van der Waals surface area (Å²) >= 11 is 0. The molecule has 3 aliphatic rings. The number of H-pyrrole nitrogens is 1. The molecule has 2 saturated heterocycles. The van der Waals surface area contributed by atoms with Gasteiger partial charge in [-0.1, -0.05) is 12.1 Å². The number of ether oxygens (including phenoxy) is 1. The number of hydrogen-bond acceptors (Lipinski definition) is 4. The van der Waals surface area contributed by atoms with Crippen LogP contribution in [0.5, 0.6) is 5.75 Å². The number of likely N-dealkylation sites (N-methyl/N-ethyl adjacent to an activating group) is 1. The van der Waals surface area contributed by atoms with Crippen molar-refractivity contribution in [2.45, 2.75) is 24.8 Å². The summed E-state index contributed by atoms with van der Waals surface area (Å²) in [5.41, 5.74) is 5.71. The molecular weight excluding hydrogens is 396 g/mol. The van der Waals surface area contributed by atoms with Crippen LogP contribution in [-0.4, -0.2) is 74.3 Å². The fraction of sp³-hybridized carbons (Fsp3) is 0.481. The van der Waals surface area contributed by atoms with Gasteiger partial charge >= 0.3 is 0 Å². The molecule has 3 atom stereocenters. The number of fused-ring (bicyclic) bond motifs is 2. The number of rotatable bonds is 4. The lowest BCUT2D eigenvalue weighted by atomic mass is 9.72. The number of hydrogen-bond donors (Lipinski definition) is 1. The van der Waals surface area contributed by atoms with E-state index in [1.165, 1.54) is 48.1 Å². The molecule has 1 aromatic heterocycles. The van der Waals surface area contributed by atoms with Crippen LogP contribution in [0, 0.1) is 5.92 Å². The van der Waals surface area contributed by atoms with Crippen LogP contribution in [0.1, 0.15) is 23.5 Å². The largest absolute Gasteiger partial charge is 0.497 e. The van der Waals surface area contributed by atoms with E-state index in [4.69, 9.17) is 4.74 Å². The Morgan fingerprint density at radius 3 is 2.62 bits per heavy atom. The van der Waals surface area contributed by atoms with Crippen molar-refractivity contribution in [3.05, 3.63) is 59.8 Å². The van der Waals surface area contributed by atoms with E-state index < -0.39 is 0 Å². The van der Waals surface area contributed by atoms with Crippen LogP contribution in [0.3, 0.4) is 0 Å². The lowest BCUT2D eigenvalue weighted by Gasteiger charge is -2.47. The van der Waals surface area contributed by atoms with E-state index in [1.807, 2.05) is 0 Å². The molecule has 0 saturated carbocycles. The number of methoxy groups -OCH3 is 1. The maximum absolute atomic E-state index is 5.30. The standard InChI is InChI=1S/C27H34N4O/c1-29-17-19(14-24-23-4-3-5-25-27(23)20(16-28-25)15-26(24)29)18-30-10-12-31(13-11-30)21-6-8-22(32-2)9-7-21/h3-9,16,19,24,26,28H,10-15,17-18H2,1-2H3/t19?,24?,26-/m1/s1. The number of anilines is 1. The molecule has 3 aromatic rings. The first kappa shape index (κ1) is 20.1. The van der Waals surface area contributed by atoms with Crippen LogP contribution in [0.2, 0.25) is 0 Å². The average molecular weight is 431 g/mol. The molecule has 0 radical (unpaired) electrons. The minimum atomic E-state index is 0.645. The molecule has 2 aromatic carbocycles. The number of piperazine rings is 1. The van der Waals surface area contributed by atoms with Crippen molar-refractivity contribution in [1.29, 1.82) is 0 Å². The Morgan fingerprint density at radius 2 is 1.84 bits per heavy atom. The predicted molar refractivity (Wildman–Crippen MR) is 131 cm³/mol. The van der Waals surface area contributed by atoms with Gasteiger partial charge in [-0.15, -0.1) is 0 Å². The Hall–Kier alpha value is -2.50. The first-order valence-corrected chi connectivity index (χ1v) is 12.1. The maximum atomic E-state index is 5.30. The maximum Gasteiger partial charge on any atom is 0.119 e. The van der Waals surface area contributed by atoms with Gasteiger partial charge < -0.3 is 19.5 Å². The van der Waals surface area contributed by atoms with Gasteiger partial charge in [0.05, 0.1) is 7.11 Å². The lowest BCUT2D eigenvalue weighted by molar-refractivity contribution is 0.0855. The zero-order chi connectivity index (χ0) is 21.7. The summed E-state index contributed by atoms with van der Waals surface area (Å²) in [6, 6.07) is 16.0. The number of nitrogens with zero attached hydrogens (tertiary/aromatic N) is 3. The number of aromatic nitrogens is 1. The number of benzene rings is 2. The van der Waals surface area contributed by atoms with Crippen molar-refractivity contribution in [2.75, 3.05) is 58.3 Å². The zero-order valence-electron chi connectivity index (χ0n) is 19.3. The molecule has 32 heavy (non-hydrogen) atoms. The first-order chi connectivity index (χ1) is 15.7. The molecule has 6 rings (SSSR count). The van der Waals surface area contributed by atoms with E-state index in [1.54, 1.807) is 12.7 Å². The second kappa shape index (κ2) is 8.13. The fourth-order valence-electron chi connectivity index (χ4n) is 6.53. The van der Waals surface area contributed by atoms with Gasteiger partial charge in [-0.25, -0.2) is 0 Å². The van der Waals surface area contributed by atoms with Gasteiger partial charge in [-0.3, -0.25) is 4.90 Å². The van der Waals surface area contributed by atoms with Gasteiger partial charge in [0.15, 0.2) is 0 Å². The Labute approximate surface area is 190 Å². The number of aromatic amines is 1. The molecule has 5 heteroatoms. The minimum absolute atomic E-state index is 0.645. The van der Waals surface area contributed by atoms with Gasteiger partial charge in [0.1, 0.15) is 5.75 Å². The molecule has 2 fully saturated rings. The van der Waals surface area contributed by atoms with E-state index in [-0.39, 0.29) is 0 Å². The van der Waals surface area contributed by atoms with Gasteiger partial charge in [0.2, 0.25) is 0 Å². The van der Waals surface area contributed by atoms with E-state index in [9.17, 15) is 0 Å². The van der Waals surface area contributed by atoms with Crippen molar-refractivity contribution >= 4 is 16.6 Å². The molecule has 1 aliphatic carbocycles. The molecule has 0 amide bonds. The summed E-state index contributed by atoms with van der Waals surface area (Å²) in [6.07, 6.45) is 4.75. The summed E-state index contributed by atoms with van der Waals surface area (Å²) in [4.78, 5) is 11.4. The summed E-state index contributed by atoms with van der Waals surface area (Å²) in [6.45, 7) is 6.95. The fourth-order valence-corrected chi connectivity index (χ4v) is 6.53. The van der Waals surface area contributed by atoms with Crippen molar-refractivity contribution in [3.8, 4) is 5.75 Å². The van der Waals surface area contributed by atoms with Crippen LogP contribution >= 0.6 is 0 Å². The Bertz CT molecular complexity index is 1080. The number of piperidine rings is 1. The quantitative estimate of drug-likeness (QED) is 0.680. The summed E-state index contributed by atoms with van der Waals surface area (Å²) in [5.74, 6) is 2.33. The minimum Gasteiger partial charge on any atom is -0.497 e. The molecule has 5 nitrogen and oxygen atoms in total. The zero-order valence-corrected chi connectivity index (χ0v) is 19.3. The van der Waals surface area contributed by atoms with Crippen LogP contribution < -0.4 is 9.64 Å². The molecule has 0 bridgehead atoms. The number of likely N-dealkylation sites (tertiary alicyclic amines) is 1. The third-order valence-electron chi connectivity index (χ3n) is 8.14. The van der Waals surface area contributed by atoms with E-state index >= 15 is 0 Å². The van der Waals surface area contributed by atoms with Crippen LogP contribution in [-0.2, 0) is 6.42 Å².